The topological polar surface area (TPSA) is 41.1 Å². The van der Waals surface area contributed by atoms with Gasteiger partial charge >= 0.3 is 0 Å². The van der Waals surface area contributed by atoms with Crippen molar-refractivity contribution in [1.82, 2.24) is 10.6 Å². The Kier molecular flexibility index (Phi) is 8.77. The molecule has 0 saturated carbocycles. The van der Waals surface area contributed by atoms with E-state index in [2.05, 4.69) is 38.0 Å². The van der Waals surface area contributed by atoms with E-state index >= 15 is 0 Å². The van der Waals surface area contributed by atoms with Gasteiger partial charge in [0.25, 0.3) is 0 Å². The molecule has 3 nitrogen and oxygen atoms in total. The summed E-state index contributed by atoms with van der Waals surface area (Å²) in [6, 6.07) is 2.09. The van der Waals surface area contributed by atoms with Crippen molar-refractivity contribution >= 4 is 45.6 Å². The number of thiophene rings is 1. The van der Waals surface area contributed by atoms with Crippen molar-refractivity contribution < 1.29 is 4.79 Å². The molecule has 1 aromatic rings. The lowest BCUT2D eigenvalue weighted by Gasteiger charge is -2.22. The Balaban J connectivity index is 0.00000200. The summed E-state index contributed by atoms with van der Waals surface area (Å²) in [4.78, 5) is 13.0. The van der Waals surface area contributed by atoms with E-state index in [1.54, 1.807) is 11.3 Å². The Hall–Kier alpha value is -0.100. The summed E-state index contributed by atoms with van der Waals surface area (Å²) >= 11 is 5.13. The van der Waals surface area contributed by atoms with Crippen LogP contribution in [0.2, 0.25) is 0 Å². The third-order valence-electron chi connectivity index (χ3n) is 3.49. The Morgan fingerprint density at radius 3 is 3.05 bits per heavy atom. The highest BCUT2D eigenvalue weighted by Gasteiger charge is 2.12. The number of carbonyl (C=O) groups excluding carboxylic acids is 1. The molecule has 2 N–H and O–H groups in total. The van der Waals surface area contributed by atoms with Crippen LogP contribution in [0.4, 0.5) is 0 Å². The predicted octanol–water partition coefficient (Wildman–Crippen LogP) is 3.37. The van der Waals surface area contributed by atoms with Gasteiger partial charge in [0.1, 0.15) is 0 Å². The molecule has 1 aliphatic heterocycles. The normalized spacial score (nSPS) is 18.4. The highest BCUT2D eigenvalue weighted by molar-refractivity contribution is 9.10. The fourth-order valence-corrected chi connectivity index (χ4v) is 3.85. The van der Waals surface area contributed by atoms with Crippen LogP contribution in [0.25, 0.3) is 0 Å². The van der Waals surface area contributed by atoms with E-state index in [-0.39, 0.29) is 18.3 Å². The van der Waals surface area contributed by atoms with Crippen molar-refractivity contribution in [2.45, 2.75) is 32.1 Å². The van der Waals surface area contributed by atoms with E-state index in [1.165, 1.54) is 17.7 Å². The Bertz CT molecular complexity index is 408. The quantitative estimate of drug-likeness (QED) is 0.793. The van der Waals surface area contributed by atoms with Crippen LogP contribution in [0.1, 0.15) is 30.6 Å². The van der Waals surface area contributed by atoms with Crippen molar-refractivity contribution in [2.75, 3.05) is 19.6 Å². The van der Waals surface area contributed by atoms with Gasteiger partial charge in [0.15, 0.2) is 0 Å². The minimum absolute atomic E-state index is 0. The Morgan fingerprint density at radius 1 is 1.55 bits per heavy atom. The molecule has 6 heteroatoms. The molecule has 0 aliphatic carbocycles. The maximum Gasteiger partial charge on any atom is 0.220 e. The van der Waals surface area contributed by atoms with E-state index in [0.717, 1.165) is 42.9 Å². The van der Waals surface area contributed by atoms with Gasteiger partial charge < -0.3 is 10.6 Å². The molecule has 0 aromatic carbocycles. The van der Waals surface area contributed by atoms with Gasteiger partial charge in [-0.1, -0.05) is 0 Å². The van der Waals surface area contributed by atoms with Gasteiger partial charge in [-0.05, 0) is 66.7 Å². The maximum atomic E-state index is 11.7. The zero-order valence-corrected chi connectivity index (χ0v) is 14.7. The fourth-order valence-electron chi connectivity index (χ4n) is 2.40. The lowest BCUT2D eigenvalue weighted by atomic mass is 9.96. The molecule has 0 radical (unpaired) electrons. The van der Waals surface area contributed by atoms with E-state index in [1.807, 2.05) is 0 Å². The van der Waals surface area contributed by atoms with Gasteiger partial charge in [0, 0.05) is 27.7 Å². The molecule has 1 saturated heterocycles. The summed E-state index contributed by atoms with van der Waals surface area (Å²) < 4.78 is 1.11. The highest BCUT2D eigenvalue weighted by atomic mass is 79.9. The largest absolute Gasteiger partial charge is 0.356 e. The van der Waals surface area contributed by atoms with E-state index < -0.39 is 0 Å². The Morgan fingerprint density at radius 2 is 2.40 bits per heavy atom. The van der Waals surface area contributed by atoms with E-state index in [0.29, 0.717) is 6.42 Å². The lowest BCUT2D eigenvalue weighted by molar-refractivity contribution is -0.121. The SMILES string of the molecule is Cl.O=C(CCc1cc(Br)cs1)NCCC1CCCNC1. The first-order valence-electron chi connectivity index (χ1n) is 6.94. The molecule has 2 heterocycles. The summed E-state index contributed by atoms with van der Waals surface area (Å²) in [5, 5.41) is 8.50. The number of halogens is 2. The first-order chi connectivity index (χ1) is 9.24. The van der Waals surface area contributed by atoms with Crippen LogP contribution in [0.15, 0.2) is 15.9 Å². The summed E-state index contributed by atoms with van der Waals surface area (Å²) in [6.07, 6.45) is 5.10. The van der Waals surface area contributed by atoms with Crippen LogP contribution >= 0.6 is 39.7 Å². The van der Waals surface area contributed by atoms with Crippen molar-refractivity contribution in [1.29, 1.82) is 0 Å². The number of hydrogen-bond acceptors (Lipinski definition) is 3. The minimum atomic E-state index is 0. The molecule has 1 atom stereocenters. The molecule has 0 spiro atoms. The molecule has 1 unspecified atom stereocenters. The number of rotatable bonds is 6. The predicted molar refractivity (Wildman–Crippen MR) is 90.8 cm³/mol. The maximum absolute atomic E-state index is 11.7. The van der Waals surface area contributed by atoms with Gasteiger partial charge in [-0.3, -0.25) is 4.79 Å². The number of nitrogens with one attached hydrogen (secondary N) is 2. The van der Waals surface area contributed by atoms with E-state index in [9.17, 15) is 4.79 Å². The third-order valence-corrected chi connectivity index (χ3v) is 5.25. The zero-order chi connectivity index (χ0) is 13.5. The number of carbonyl (C=O) groups is 1. The summed E-state index contributed by atoms with van der Waals surface area (Å²) in [7, 11) is 0. The van der Waals surface area contributed by atoms with Gasteiger partial charge in [-0.25, -0.2) is 0 Å². The smallest absolute Gasteiger partial charge is 0.220 e. The fraction of sp³-hybridized carbons (Fsp3) is 0.643. The van der Waals surface area contributed by atoms with E-state index in [4.69, 9.17) is 0 Å². The molecule has 1 aliphatic rings. The van der Waals surface area contributed by atoms with Crippen molar-refractivity contribution in [2.24, 2.45) is 5.92 Å². The van der Waals surface area contributed by atoms with Crippen molar-refractivity contribution in [3.05, 3.63) is 20.8 Å². The zero-order valence-electron chi connectivity index (χ0n) is 11.5. The lowest BCUT2D eigenvalue weighted by Crippen LogP contribution is -2.33. The van der Waals surface area contributed by atoms with Crippen LogP contribution in [-0.2, 0) is 11.2 Å². The van der Waals surface area contributed by atoms with Gasteiger partial charge in [-0.2, -0.15) is 0 Å². The average molecular weight is 382 g/mol. The first-order valence-corrected chi connectivity index (χ1v) is 8.61. The summed E-state index contributed by atoms with van der Waals surface area (Å²) in [6.45, 7) is 3.08. The molecule has 0 bridgehead atoms. The van der Waals surface area contributed by atoms with Crippen LogP contribution in [0, 0.1) is 5.92 Å². The van der Waals surface area contributed by atoms with Crippen LogP contribution in [0.3, 0.4) is 0 Å². The molecule has 1 aromatic heterocycles. The molecule has 20 heavy (non-hydrogen) atoms. The van der Waals surface area contributed by atoms with Crippen LogP contribution in [-0.4, -0.2) is 25.5 Å². The number of aryl methyl sites for hydroxylation is 1. The summed E-state index contributed by atoms with van der Waals surface area (Å²) in [5.74, 6) is 0.913. The molecule has 2 rings (SSSR count). The molecular formula is C14H22BrClN2OS. The second-order valence-corrected chi connectivity index (χ2v) is 6.99. The third kappa shape index (κ3) is 6.57. The number of piperidine rings is 1. The number of hydrogen-bond donors (Lipinski definition) is 2. The summed E-state index contributed by atoms with van der Waals surface area (Å²) in [5.41, 5.74) is 0. The average Bonchev–Trinajstić information content (AvgIpc) is 2.83. The second-order valence-electron chi connectivity index (χ2n) is 5.08. The van der Waals surface area contributed by atoms with Crippen LogP contribution < -0.4 is 10.6 Å². The van der Waals surface area contributed by atoms with Gasteiger partial charge in [0.05, 0.1) is 0 Å². The molecular weight excluding hydrogens is 360 g/mol. The van der Waals surface area contributed by atoms with Crippen LogP contribution in [0.5, 0.6) is 0 Å². The standard InChI is InChI=1S/C14H21BrN2OS.ClH/c15-12-8-13(19-10-12)3-4-14(18)17-7-5-11-2-1-6-16-9-11;/h8,10-11,16H,1-7,9H2,(H,17,18);1H. The Labute approximate surface area is 139 Å². The molecule has 1 amide bonds. The molecule has 114 valence electrons. The molecule has 1 fully saturated rings. The monoisotopic (exact) mass is 380 g/mol. The highest BCUT2D eigenvalue weighted by Crippen LogP contribution is 2.20. The second kappa shape index (κ2) is 9.77. The first kappa shape index (κ1) is 18.0. The van der Waals surface area contributed by atoms with Crippen molar-refractivity contribution in [3.8, 4) is 0 Å². The van der Waals surface area contributed by atoms with Crippen molar-refractivity contribution in [3.63, 3.8) is 0 Å². The van der Waals surface area contributed by atoms with Gasteiger partial charge in [-0.15, -0.1) is 23.7 Å². The number of amides is 1. The minimum Gasteiger partial charge on any atom is -0.356 e. The van der Waals surface area contributed by atoms with Gasteiger partial charge in [0.2, 0.25) is 5.91 Å².